The molecule has 1 heterocycles. The van der Waals surface area contributed by atoms with Crippen molar-refractivity contribution in [2.45, 2.75) is 19.9 Å². The number of nitrogens with zero attached hydrogens (tertiary/aromatic N) is 3. The molecule has 3 N–H and O–H groups in total. The van der Waals surface area contributed by atoms with Crippen molar-refractivity contribution in [3.63, 3.8) is 0 Å². The van der Waals surface area contributed by atoms with Crippen molar-refractivity contribution in [3.8, 4) is 0 Å². The second-order valence-corrected chi connectivity index (χ2v) is 3.91. The maximum absolute atomic E-state index is 12.0. The predicted molar refractivity (Wildman–Crippen MR) is 65.1 cm³/mol. The van der Waals surface area contributed by atoms with E-state index in [0.29, 0.717) is 26.1 Å². The van der Waals surface area contributed by atoms with E-state index in [1.807, 2.05) is 6.92 Å². The van der Waals surface area contributed by atoms with Crippen LogP contribution in [-0.4, -0.2) is 51.1 Å². The highest BCUT2D eigenvalue weighted by molar-refractivity contribution is 5.93. The van der Waals surface area contributed by atoms with E-state index in [9.17, 15) is 9.59 Å². The molecule has 0 radical (unpaired) electrons. The monoisotopic (exact) mass is 254 g/mol. The van der Waals surface area contributed by atoms with E-state index < -0.39 is 5.97 Å². The average molecular weight is 254 g/mol. The van der Waals surface area contributed by atoms with Gasteiger partial charge in [0, 0.05) is 25.8 Å². The molecule has 0 aliphatic heterocycles. The van der Waals surface area contributed by atoms with Crippen molar-refractivity contribution in [3.05, 3.63) is 18.2 Å². The normalized spacial score (nSPS) is 10.3. The number of rotatable bonds is 7. The van der Waals surface area contributed by atoms with Gasteiger partial charge in [-0.3, -0.25) is 9.59 Å². The SMILES string of the molecule is CCCN(CC(=O)O)C(=O)c1cn(CCN)cn1. The Hall–Kier alpha value is -1.89. The van der Waals surface area contributed by atoms with Crippen LogP contribution < -0.4 is 5.73 Å². The zero-order valence-corrected chi connectivity index (χ0v) is 10.4. The van der Waals surface area contributed by atoms with Gasteiger partial charge in [-0.2, -0.15) is 0 Å². The number of nitrogens with two attached hydrogens (primary N) is 1. The van der Waals surface area contributed by atoms with Crippen LogP contribution in [0.3, 0.4) is 0 Å². The molecule has 7 heteroatoms. The summed E-state index contributed by atoms with van der Waals surface area (Å²) in [4.78, 5) is 28.0. The van der Waals surface area contributed by atoms with Gasteiger partial charge in [0.1, 0.15) is 12.2 Å². The summed E-state index contributed by atoms with van der Waals surface area (Å²) < 4.78 is 1.71. The van der Waals surface area contributed by atoms with Crippen LogP contribution in [0.25, 0.3) is 0 Å². The summed E-state index contributed by atoms with van der Waals surface area (Å²) in [6.45, 7) is 3.01. The number of carboxylic acid groups (broad SMARTS) is 1. The quantitative estimate of drug-likeness (QED) is 0.700. The van der Waals surface area contributed by atoms with E-state index in [1.165, 1.54) is 11.2 Å². The second kappa shape index (κ2) is 6.75. The van der Waals surface area contributed by atoms with Gasteiger partial charge in [0.05, 0.1) is 6.33 Å². The number of aliphatic carboxylic acids is 1. The maximum atomic E-state index is 12.0. The van der Waals surface area contributed by atoms with Crippen LogP contribution in [-0.2, 0) is 11.3 Å². The van der Waals surface area contributed by atoms with E-state index in [2.05, 4.69) is 4.98 Å². The summed E-state index contributed by atoms with van der Waals surface area (Å²) in [6, 6.07) is 0. The van der Waals surface area contributed by atoms with Crippen molar-refractivity contribution in [2.24, 2.45) is 5.73 Å². The van der Waals surface area contributed by atoms with Crippen LogP contribution in [0.1, 0.15) is 23.8 Å². The molecule has 0 saturated heterocycles. The molecule has 0 atom stereocenters. The lowest BCUT2D eigenvalue weighted by molar-refractivity contribution is -0.137. The fourth-order valence-corrected chi connectivity index (χ4v) is 1.59. The number of hydrogen-bond acceptors (Lipinski definition) is 4. The lowest BCUT2D eigenvalue weighted by atomic mass is 10.3. The molecule has 7 nitrogen and oxygen atoms in total. The van der Waals surface area contributed by atoms with Crippen LogP contribution in [0, 0.1) is 0 Å². The van der Waals surface area contributed by atoms with Gasteiger partial charge in [0.15, 0.2) is 0 Å². The molecule has 1 aromatic heterocycles. The molecule has 0 bridgehead atoms. The van der Waals surface area contributed by atoms with Crippen molar-refractivity contribution >= 4 is 11.9 Å². The number of imidazole rings is 1. The van der Waals surface area contributed by atoms with Gasteiger partial charge in [-0.25, -0.2) is 4.98 Å². The molecule has 0 unspecified atom stereocenters. The molecule has 0 aromatic carbocycles. The first kappa shape index (κ1) is 14.2. The van der Waals surface area contributed by atoms with E-state index in [0.717, 1.165) is 0 Å². The van der Waals surface area contributed by atoms with Crippen molar-refractivity contribution in [1.82, 2.24) is 14.5 Å². The Morgan fingerprint density at radius 2 is 2.28 bits per heavy atom. The standard InChI is InChI=1S/C11H18N4O3/c1-2-4-15(7-10(16)17)11(18)9-6-14(5-3-12)8-13-9/h6,8H,2-5,7,12H2,1H3,(H,16,17). The van der Waals surface area contributed by atoms with Gasteiger partial charge in [0.25, 0.3) is 5.91 Å². The summed E-state index contributed by atoms with van der Waals surface area (Å²) in [5.74, 6) is -1.40. The largest absolute Gasteiger partial charge is 0.480 e. The molecular weight excluding hydrogens is 236 g/mol. The third-order valence-electron chi connectivity index (χ3n) is 2.35. The highest BCUT2D eigenvalue weighted by Crippen LogP contribution is 2.03. The Balaban J connectivity index is 2.77. The summed E-state index contributed by atoms with van der Waals surface area (Å²) in [7, 11) is 0. The summed E-state index contributed by atoms with van der Waals surface area (Å²) in [5.41, 5.74) is 5.65. The lowest BCUT2D eigenvalue weighted by Crippen LogP contribution is -2.36. The summed E-state index contributed by atoms with van der Waals surface area (Å²) in [6.07, 6.45) is 3.80. The zero-order chi connectivity index (χ0) is 13.5. The fraction of sp³-hybridized carbons (Fsp3) is 0.545. The molecule has 1 amide bonds. The van der Waals surface area contributed by atoms with Crippen LogP contribution in [0.4, 0.5) is 0 Å². The van der Waals surface area contributed by atoms with Gasteiger partial charge in [-0.15, -0.1) is 0 Å². The van der Waals surface area contributed by atoms with Crippen molar-refractivity contribution in [2.75, 3.05) is 19.6 Å². The van der Waals surface area contributed by atoms with Gasteiger partial charge in [-0.1, -0.05) is 6.92 Å². The predicted octanol–water partition coefficient (Wildman–Crippen LogP) is -0.221. The number of carbonyl (C=O) groups excluding carboxylic acids is 1. The van der Waals surface area contributed by atoms with Gasteiger partial charge in [-0.05, 0) is 6.42 Å². The van der Waals surface area contributed by atoms with Gasteiger partial charge >= 0.3 is 5.97 Å². The average Bonchev–Trinajstić information content (AvgIpc) is 2.76. The first-order valence-electron chi connectivity index (χ1n) is 5.81. The molecular formula is C11H18N4O3. The molecule has 18 heavy (non-hydrogen) atoms. The highest BCUT2D eigenvalue weighted by Gasteiger charge is 2.19. The third kappa shape index (κ3) is 3.85. The first-order valence-corrected chi connectivity index (χ1v) is 5.81. The minimum atomic E-state index is -1.03. The molecule has 100 valence electrons. The van der Waals surface area contributed by atoms with E-state index in [4.69, 9.17) is 10.8 Å². The van der Waals surface area contributed by atoms with E-state index in [-0.39, 0.29) is 18.1 Å². The zero-order valence-electron chi connectivity index (χ0n) is 10.4. The molecule has 1 rings (SSSR count). The van der Waals surface area contributed by atoms with Gasteiger partial charge < -0.3 is 20.3 Å². The second-order valence-electron chi connectivity index (χ2n) is 3.91. The number of amides is 1. The number of carbonyl (C=O) groups is 2. The maximum Gasteiger partial charge on any atom is 0.323 e. The van der Waals surface area contributed by atoms with Crippen molar-refractivity contribution in [1.29, 1.82) is 0 Å². The van der Waals surface area contributed by atoms with Crippen LogP contribution >= 0.6 is 0 Å². The van der Waals surface area contributed by atoms with E-state index in [1.54, 1.807) is 10.8 Å². The summed E-state index contributed by atoms with van der Waals surface area (Å²) >= 11 is 0. The smallest absolute Gasteiger partial charge is 0.323 e. The highest BCUT2D eigenvalue weighted by atomic mass is 16.4. The Morgan fingerprint density at radius 1 is 1.56 bits per heavy atom. The minimum Gasteiger partial charge on any atom is -0.480 e. The number of hydrogen-bond donors (Lipinski definition) is 2. The molecule has 0 aliphatic carbocycles. The number of aromatic nitrogens is 2. The lowest BCUT2D eigenvalue weighted by Gasteiger charge is -2.18. The Morgan fingerprint density at radius 3 is 2.83 bits per heavy atom. The Labute approximate surface area is 105 Å². The molecule has 0 aliphatic rings. The first-order chi connectivity index (χ1) is 8.58. The molecule has 1 aromatic rings. The van der Waals surface area contributed by atoms with Crippen molar-refractivity contribution < 1.29 is 14.7 Å². The third-order valence-corrected chi connectivity index (χ3v) is 2.35. The van der Waals surface area contributed by atoms with E-state index >= 15 is 0 Å². The fourth-order valence-electron chi connectivity index (χ4n) is 1.59. The minimum absolute atomic E-state index is 0.248. The van der Waals surface area contributed by atoms with Gasteiger partial charge in [0.2, 0.25) is 0 Å². The van der Waals surface area contributed by atoms with Crippen LogP contribution in [0.2, 0.25) is 0 Å². The molecule has 0 saturated carbocycles. The number of carboxylic acids is 1. The Bertz CT molecular complexity index is 416. The topological polar surface area (TPSA) is 101 Å². The summed E-state index contributed by atoms with van der Waals surface area (Å²) in [5, 5.41) is 8.76. The van der Waals surface area contributed by atoms with Crippen LogP contribution in [0.5, 0.6) is 0 Å². The Kier molecular flexibility index (Phi) is 5.31. The molecule has 0 spiro atoms. The van der Waals surface area contributed by atoms with Crippen LogP contribution in [0.15, 0.2) is 12.5 Å². The molecule has 0 fully saturated rings.